The molecule has 9 heteroatoms. The van der Waals surface area contributed by atoms with Crippen LogP contribution in [0.4, 0.5) is 19.0 Å². The molecule has 2 aliphatic heterocycles. The summed E-state index contributed by atoms with van der Waals surface area (Å²) in [5, 5.41) is 0. The van der Waals surface area contributed by atoms with Crippen molar-refractivity contribution < 1.29 is 22.6 Å². The quantitative estimate of drug-likeness (QED) is 0.792. The van der Waals surface area contributed by atoms with Crippen molar-refractivity contribution in [2.24, 2.45) is 0 Å². The fourth-order valence-corrected chi connectivity index (χ4v) is 2.88. The van der Waals surface area contributed by atoms with E-state index < -0.39 is 23.1 Å². The maximum Gasteiger partial charge on any atom is 0.352 e. The third-order valence-corrected chi connectivity index (χ3v) is 4.10. The van der Waals surface area contributed by atoms with Crippen molar-refractivity contribution in [2.75, 3.05) is 18.2 Å². The number of fused-ring (bicyclic) bond motifs is 3. The van der Waals surface area contributed by atoms with E-state index in [1.165, 1.54) is 4.57 Å². The van der Waals surface area contributed by atoms with E-state index in [0.717, 1.165) is 6.07 Å². The van der Waals surface area contributed by atoms with Crippen molar-refractivity contribution in [1.29, 1.82) is 0 Å². The molecule has 0 saturated carbocycles. The summed E-state index contributed by atoms with van der Waals surface area (Å²) in [5.74, 6) is -2.78. The lowest BCUT2D eigenvalue weighted by Crippen LogP contribution is -2.26. The smallest absolute Gasteiger partial charge is 0.352 e. The van der Waals surface area contributed by atoms with Crippen LogP contribution in [0.5, 0.6) is 5.88 Å². The van der Waals surface area contributed by atoms with E-state index in [2.05, 4.69) is 4.98 Å². The maximum absolute atomic E-state index is 13.6. The molecule has 1 aromatic heterocycles. The van der Waals surface area contributed by atoms with Crippen molar-refractivity contribution in [3.05, 3.63) is 51.7 Å². The zero-order chi connectivity index (χ0) is 16.8. The van der Waals surface area contributed by atoms with Crippen LogP contribution in [-0.4, -0.2) is 28.9 Å². The summed E-state index contributed by atoms with van der Waals surface area (Å²) < 4.78 is 51.9. The Morgan fingerprint density at radius 3 is 2.83 bits per heavy atom. The molecule has 0 unspecified atom stereocenters. The van der Waals surface area contributed by atoms with E-state index in [1.807, 2.05) is 4.90 Å². The molecule has 1 atom stereocenters. The highest BCUT2D eigenvalue weighted by molar-refractivity contribution is 5.47. The van der Waals surface area contributed by atoms with Crippen molar-refractivity contribution in [1.82, 2.24) is 9.55 Å². The second-order valence-electron chi connectivity index (χ2n) is 5.62. The molecule has 1 aromatic carbocycles. The summed E-state index contributed by atoms with van der Waals surface area (Å²) in [7, 11) is 0. The number of halogens is 3. The van der Waals surface area contributed by atoms with Gasteiger partial charge in [-0.05, 0) is 6.07 Å². The molecule has 0 bridgehead atoms. The van der Waals surface area contributed by atoms with E-state index in [0.29, 0.717) is 31.8 Å². The second kappa shape index (κ2) is 5.52. The monoisotopic (exact) mass is 339 g/mol. The first-order chi connectivity index (χ1) is 11.5. The molecule has 0 spiro atoms. The van der Waals surface area contributed by atoms with Gasteiger partial charge in [0.2, 0.25) is 5.88 Å². The Bertz CT molecular complexity index is 871. The molecule has 6 nitrogen and oxygen atoms in total. The molecule has 2 aliphatic rings. The normalized spacial score (nSPS) is 18.6. The summed E-state index contributed by atoms with van der Waals surface area (Å²) in [4.78, 5) is 17.8. The third-order valence-electron chi connectivity index (χ3n) is 4.10. The number of anilines is 1. The van der Waals surface area contributed by atoms with Crippen molar-refractivity contribution in [3.63, 3.8) is 0 Å². The first-order valence-corrected chi connectivity index (χ1v) is 7.25. The van der Waals surface area contributed by atoms with Gasteiger partial charge in [0.05, 0.1) is 19.2 Å². The standard InChI is InChI=1S/C15H12F3N3O3/c16-10-2-12(18)11(17)1-8(10)5-24-13-3-14-20(15(22)19-13)4-9-6-23-7-21(9)14/h1-3,9H,4-7H2/t9-/m1/s1. The predicted molar refractivity (Wildman–Crippen MR) is 76.2 cm³/mol. The van der Waals surface area contributed by atoms with Crippen LogP contribution in [0.1, 0.15) is 5.56 Å². The molecule has 1 fully saturated rings. The van der Waals surface area contributed by atoms with Crippen LogP contribution in [0.3, 0.4) is 0 Å². The van der Waals surface area contributed by atoms with Crippen molar-refractivity contribution in [2.45, 2.75) is 19.2 Å². The number of hydrogen-bond acceptors (Lipinski definition) is 5. The molecule has 126 valence electrons. The lowest BCUT2D eigenvalue weighted by molar-refractivity contribution is 0.189. The van der Waals surface area contributed by atoms with Gasteiger partial charge in [-0.2, -0.15) is 4.98 Å². The zero-order valence-corrected chi connectivity index (χ0v) is 12.3. The minimum atomic E-state index is -1.27. The Kier molecular flexibility index (Phi) is 3.45. The lowest BCUT2D eigenvalue weighted by Gasteiger charge is -2.15. The lowest BCUT2D eigenvalue weighted by atomic mass is 10.2. The summed E-state index contributed by atoms with van der Waals surface area (Å²) in [6.07, 6.45) is 0. The van der Waals surface area contributed by atoms with E-state index in [1.54, 1.807) is 6.07 Å². The first-order valence-electron chi connectivity index (χ1n) is 7.25. The number of hydrogen-bond donors (Lipinski definition) is 0. The molecule has 24 heavy (non-hydrogen) atoms. The Morgan fingerprint density at radius 2 is 2.00 bits per heavy atom. The van der Waals surface area contributed by atoms with Gasteiger partial charge in [-0.3, -0.25) is 4.57 Å². The molecule has 3 heterocycles. The van der Waals surface area contributed by atoms with E-state index in [4.69, 9.17) is 9.47 Å². The summed E-state index contributed by atoms with van der Waals surface area (Å²) in [6.45, 7) is 1.00. The Hall–Kier alpha value is -2.55. The number of nitrogens with zero attached hydrogens (tertiary/aromatic N) is 3. The van der Waals surface area contributed by atoms with E-state index >= 15 is 0 Å². The SMILES string of the molecule is O=c1nc(OCc2cc(F)c(F)cc2F)cc2n1C[C@@H]1COCN21. The average molecular weight is 339 g/mol. The fourth-order valence-electron chi connectivity index (χ4n) is 2.88. The van der Waals surface area contributed by atoms with Gasteiger partial charge in [0, 0.05) is 17.7 Å². The highest BCUT2D eigenvalue weighted by Gasteiger charge is 2.35. The van der Waals surface area contributed by atoms with E-state index in [9.17, 15) is 18.0 Å². The van der Waals surface area contributed by atoms with Crippen LogP contribution < -0.4 is 15.3 Å². The molecule has 1 saturated heterocycles. The Labute approximate surface area is 134 Å². The molecular weight excluding hydrogens is 327 g/mol. The Balaban J connectivity index is 1.58. The zero-order valence-electron chi connectivity index (χ0n) is 12.3. The Morgan fingerprint density at radius 1 is 1.21 bits per heavy atom. The van der Waals surface area contributed by atoms with Crippen LogP contribution in [0.25, 0.3) is 0 Å². The van der Waals surface area contributed by atoms with Gasteiger partial charge in [-0.15, -0.1) is 0 Å². The van der Waals surface area contributed by atoms with Crippen LogP contribution in [0.15, 0.2) is 23.0 Å². The maximum atomic E-state index is 13.6. The minimum Gasteiger partial charge on any atom is -0.472 e. The predicted octanol–water partition coefficient (Wildman–Crippen LogP) is 1.42. The molecular formula is C15H12F3N3O3. The third kappa shape index (κ3) is 2.41. The van der Waals surface area contributed by atoms with Gasteiger partial charge in [-0.1, -0.05) is 0 Å². The van der Waals surface area contributed by atoms with Gasteiger partial charge in [0.25, 0.3) is 0 Å². The van der Waals surface area contributed by atoms with Gasteiger partial charge in [0.15, 0.2) is 11.6 Å². The fraction of sp³-hybridized carbons (Fsp3) is 0.333. The van der Waals surface area contributed by atoms with Gasteiger partial charge >= 0.3 is 5.69 Å². The van der Waals surface area contributed by atoms with Crippen LogP contribution >= 0.6 is 0 Å². The average Bonchev–Trinajstić information content (AvgIpc) is 3.12. The number of ether oxygens (including phenoxy) is 2. The number of aromatic nitrogens is 2. The molecule has 0 N–H and O–H groups in total. The molecule has 4 rings (SSSR count). The molecule has 0 radical (unpaired) electrons. The number of rotatable bonds is 3. The first kappa shape index (κ1) is 15.0. The summed E-state index contributed by atoms with van der Waals surface area (Å²) in [6, 6.07) is 2.80. The summed E-state index contributed by atoms with van der Waals surface area (Å²) in [5.41, 5.74) is -0.652. The highest BCUT2D eigenvalue weighted by Crippen LogP contribution is 2.29. The van der Waals surface area contributed by atoms with Crippen LogP contribution in [0, 0.1) is 17.5 Å². The molecule has 2 aromatic rings. The van der Waals surface area contributed by atoms with Crippen LogP contribution in [0.2, 0.25) is 0 Å². The largest absolute Gasteiger partial charge is 0.472 e. The van der Waals surface area contributed by atoms with Crippen LogP contribution in [-0.2, 0) is 17.9 Å². The van der Waals surface area contributed by atoms with E-state index in [-0.39, 0.29) is 24.1 Å². The molecule has 0 aliphatic carbocycles. The van der Waals surface area contributed by atoms with Crippen molar-refractivity contribution in [3.8, 4) is 5.88 Å². The summed E-state index contributed by atoms with van der Waals surface area (Å²) >= 11 is 0. The van der Waals surface area contributed by atoms with Gasteiger partial charge in [0.1, 0.15) is 25.0 Å². The number of benzene rings is 1. The topological polar surface area (TPSA) is 56.6 Å². The van der Waals surface area contributed by atoms with Gasteiger partial charge < -0.3 is 14.4 Å². The minimum absolute atomic E-state index is 0.0112. The van der Waals surface area contributed by atoms with Gasteiger partial charge in [-0.25, -0.2) is 18.0 Å². The van der Waals surface area contributed by atoms with Crippen molar-refractivity contribution >= 4 is 5.82 Å². The highest BCUT2D eigenvalue weighted by atomic mass is 19.2. The second-order valence-corrected chi connectivity index (χ2v) is 5.62. The molecule has 0 amide bonds.